The highest BCUT2D eigenvalue weighted by Gasteiger charge is 2.17. The fraction of sp³-hybridized carbons (Fsp3) is 0.400. The summed E-state index contributed by atoms with van der Waals surface area (Å²) in [5, 5.41) is 0. The minimum atomic E-state index is -3.28. The van der Waals surface area contributed by atoms with E-state index in [-0.39, 0.29) is 17.2 Å². The lowest BCUT2D eigenvalue weighted by atomic mass is 10.1. The van der Waals surface area contributed by atoms with Crippen molar-refractivity contribution in [1.29, 1.82) is 0 Å². The van der Waals surface area contributed by atoms with E-state index in [1.54, 1.807) is 6.92 Å². The summed E-state index contributed by atoms with van der Waals surface area (Å²) in [5.41, 5.74) is 5.57. The molecular formula is C10H13BrFNO2S. The quantitative estimate of drug-likeness (QED) is 0.927. The van der Waals surface area contributed by atoms with Gasteiger partial charge in [0.25, 0.3) is 0 Å². The van der Waals surface area contributed by atoms with Crippen LogP contribution in [0.4, 0.5) is 4.39 Å². The van der Waals surface area contributed by atoms with Gasteiger partial charge in [-0.15, -0.1) is 0 Å². The molecule has 0 radical (unpaired) electrons. The third kappa shape index (κ3) is 2.81. The van der Waals surface area contributed by atoms with Crippen LogP contribution in [-0.2, 0) is 9.84 Å². The molecule has 0 fully saturated rings. The van der Waals surface area contributed by atoms with Gasteiger partial charge in [0.05, 0.1) is 10.6 Å². The van der Waals surface area contributed by atoms with E-state index >= 15 is 0 Å². The van der Waals surface area contributed by atoms with E-state index in [0.717, 1.165) is 0 Å². The third-order valence-electron chi connectivity index (χ3n) is 2.24. The first-order valence-corrected chi connectivity index (χ1v) is 7.23. The van der Waals surface area contributed by atoms with Crippen LogP contribution in [0.5, 0.6) is 0 Å². The van der Waals surface area contributed by atoms with Gasteiger partial charge in [0, 0.05) is 11.0 Å². The predicted molar refractivity (Wildman–Crippen MR) is 64.8 cm³/mol. The average molecular weight is 310 g/mol. The zero-order valence-corrected chi connectivity index (χ0v) is 11.2. The zero-order chi connectivity index (χ0) is 12.3. The summed E-state index contributed by atoms with van der Waals surface area (Å²) in [6, 6.07) is 4.31. The molecule has 0 heterocycles. The summed E-state index contributed by atoms with van der Waals surface area (Å²) in [5.74, 6) is 0.0148. The highest BCUT2D eigenvalue weighted by molar-refractivity contribution is 9.10. The fourth-order valence-corrected chi connectivity index (χ4v) is 3.33. The highest BCUT2D eigenvalue weighted by Crippen LogP contribution is 2.27. The van der Waals surface area contributed by atoms with Crippen molar-refractivity contribution in [3.8, 4) is 0 Å². The molecule has 90 valence electrons. The summed E-state index contributed by atoms with van der Waals surface area (Å²) >= 11 is 3.13. The van der Waals surface area contributed by atoms with E-state index < -0.39 is 16.0 Å². The van der Waals surface area contributed by atoms with Gasteiger partial charge >= 0.3 is 0 Å². The van der Waals surface area contributed by atoms with Gasteiger partial charge in [-0.25, -0.2) is 12.8 Å². The lowest BCUT2D eigenvalue weighted by Gasteiger charge is -2.09. The maximum Gasteiger partial charge on any atom is 0.179 e. The van der Waals surface area contributed by atoms with E-state index in [1.165, 1.54) is 18.2 Å². The molecule has 0 aromatic heterocycles. The SMILES string of the molecule is CCS(=O)(=O)c1ccc(C(F)CN)cc1Br. The maximum absolute atomic E-state index is 13.3. The van der Waals surface area contributed by atoms with Crippen molar-refractivity contribution in [2.75, 3.05) is 12.3 Å². The number of halogens is 2. The zero-order valence-electron chi connectivity index (χ0n) is 8.78. The first-order valence-electron chi connectivity index (χ1n) is 4.78. The van der Waals surface area contributed by atoms with Gasteiger partial charge in [0.15, 0.2) is 9.84 Å². The molecule has 0 aliphatic carbocycles. The molecule has 0 aliphatic heterocycles. The number of benzene rings is 1. The minimum Gasteiger partial charge on any atom is -0.327 e. The molecule has 1 unspecified atom stereocenters. The molecule has 0 saturated carbocycles. The van der Waals surface area contributed by atoms with Gasteiger partial charge in [-0.2, -0.15) is 0 Å². The topological polar surface area (TPSA) is 60.2 Å². The van der Waals surface area contributed by atoms with Gasteiger partial charge in [-0.3, -0.25) is 0 Å². The maximum atomic E-state index is 13.3. The standard InChI is InChI=1S/C10H13BrFNO2S/c1-2-16(14,15)10-4-3-7(5-8(10)11)9(12)6-13/h3-5,9H,2,6,13H2,1H3. The van der Waals surface area contributed by atoms with Crippen LogP contribution in [0, 0.1) is 0 Å². The highest BCUT2D eigenvalue weighted by atomic mass is 79.9. The minimum absolute atomic E-state index is 0.0148. The number of rotatable bonds is 4. The molecule has 0 amide bonds. The van der Waals surface area contributed by atoms with Crippen LogP contribution < -0.4 is 5.73 Å². The normalized spacial score (nSPS) is 13.8. The molecule has 1 atom stereocenters. The van der Waals surface area contributed by atoms with Crippen molar-refractivity contribution < 1.29 is 12.8 Å². The van der Waals surface area contributed by atoms with Crippen LogP contribution in [0.2, 0.25) is 0 Å². The molecule has 0 saturated heterocycles. The molecule has 1 aromatic rings. The first kappa shape index (κ1) is 13.6. The Morgan fingerprint density at radius 3 is 2.56 bits per heavy atom. The van der Waals surface area contributed by atoms with E-state index in [0.29, 0.717) is 10.0 Å². The monoisotopic (exact) mass is 309 g/mol. The lowest BCUT2D eigenvalue weighted by Crippen LogP contribution is -2.09. The molecule has 6 heteroatoms. The molecular weight excluding hydrogens is 297 g/mol. The van der Waals surface area contributed by atoms with Crippen molar-refractivity contribution in [1.82, 2.24) is 0 Å². The second-order valence-corrected chi connectivity index (χ2v) is 6.40. The van der Waals surface area contributed by atoms with E-state index in [2.05, 4.69) is 15.9 Å². The number of hydrogen-bond donors (Lipinski definition) is 1. The van der Waals surface area contributed by atoms with Crippen molar-refractivity contribution in [3.05, 3.63) is 28.2 Å². The molecule has 1 rings (SSSR count). The molecule has 3 nitrogen and oxygen atoms in total. The number of sulfone groups is 1. The molecule has 0 aliphatic rings. The Bertz CT molecular complexity index is 476. The summed E-state index contributed by atoms with van der Waals surface area (Å²) in [4.78, 5) is 0.183. The Kier molecular flexibility index (Phi) is 4.46. The van der Waals surface area contributed by atoms with Crippen molar-refractivity contribution in [2.24, 2.45) is 5.73 Å². The van der Waals surface area contributed by atoms with Gasteiger partial charge in [0.1, 0.15) is 6.17 Å². The van der Waals surface area contributed by atoms with Gasteiger partial charge in [-0.05, 0) is 33.6 Å². The van der Waals surface area contributed by atoms with Crippen LogP contribution in [-0.4, -0.2) is 20.7 Å². The molecule has 0 spiro atoms. The van der Waals surface area contributed by atoms with Crippen molar-refractivity contribution in [3.63, 3.8) is 0 Å². The Morgan fingerprint density at radius 1 is 1.50 bits per heavy atom. The van der Waals surface area contributed by atoms with Crippen LogP contribution in [0.25, 0.3) is 0 Å². The van der Waals surface area contributed by atoms with Crippen LogP contribution in [0.3, 0.4) is 0 Å². The Morgan fingerprint density at radius 2 is 2.12 bits per heavy atom. The lowest BCUT2D eigenvalue weighted by molar-refractivity contribution is 0.352. The van der Waals surface area contributed by atoms with Crippen LogP contribution in [0.15, 0.2) is 27.6 Å². The van der Waals surface area contributed by atoms with E-state index in [1.807, 2.05) is 0 Å². The number of hydrogen-bond acceptors (Lipinski definition) is 3. The van der Waals surface area contributed by atoms with E-state index in [4.69, 9.17) is 5.73 Å². The second-order valence-electron chi connectivity index (χ2n) is 3.30. The Hall–Kier alpha value is -0.460. The predicted octanol–water partition coefficient (Wildman–Crippen LogP) is 2.21. The summed E-state index contributed by atoms with van der Waals surface area (Å²) in [7, 11) is -3.28. The summed E-state index contributed by atoms with van der Waals surface area (Å²) in [6.45, 7) is 1.44. The first-order chi connectivity index (χ1) is 7.42. The summed E-state index contributed by atoms with van der Waals surface area (Å²) < 4.78 is 36.9. The van der Waals surface area contributed by atoms with Crippen LogP contribution in [0.1, 0.15) is 18.7 Å². The Balaban J connectivity index is 3.20. The van der Waals surface area contributed by atoms with Crippen molar-refractivity contribution in [2.45, 2.75) is 18.0 Å². The largest absolute Gasteiger partial charge is 0.327 e. The number of alkyl halides is 1. The van der Waals surface area contributed by atoms with Gasteiger partial charge in [-0.1, -0.05) is 13.0 Å². The molecule has 1 aromatic carbocycles. The van der Waals surface area contributed by atoms with Gasteiger partial charge < -0.3 is 5.73 Å². The van der Waals surface area contributed by atoms with Crippen LogP contribution >= 0.6 is 15.9 Å². The van der Waals surface area contributed by atoms with Gasteiger partial charge in [0.2, 0.25) is 0 Å². The molecule has 0 bridgehead atoms. The molecule has 16 heavy (non-hydrogen) atoms. The van der Waals surface area contributed by atoms with E-state index in [9.17, 15) is 12.8 Å². The third-order valence-corrected chi connectivity index (χ3v) is 4.94. The average Bonchev–Trinajstić information content (AvgIpc) is 2.27. The second kappa shape index (κ2) is 5.25. The number of nitrogens with two attached hydrogens (primary N) is 1. The fourth-order valence-electron chi connectivity index (χ4n) is 1.26. The Labute approximate surface area is 103 Å². The van der Waals surface area contributed by atoms with Crippen molar-refractivity contribution >= 4 is 25.8 Å². The smallest absolute Gasteiger partial charge is 0.179 e. The summed E-state index contributed by atoms with van der Waals surface area (Å²) in [6.07, 6.45) is -1.27. The molecule has 2 N–H and O–H groups in total.